The van der Waals surface area contributed by atoms with Gasteiger partial charge in [0, 0.05) is 17.5 Å². The van der Waals surface area contributed by atoms with Gasteiger partial charge in [0.1, 0.15) is 5.76 Å². The molecule has 2 aromatic rings. The molecule has 6 heteroatoms. The van der Waals surface area contributed by atoms with E-state index in [1.807, 2.05) is 18.9 Å². The number of carbonyl (C=O) groups is 1. The molecular formula is C14H19N3O2S. The number of hydrogen-bond acceptors (Lipinski definition) is 5. The first-order chi connectivity index (χ1) is 9.47. The van der Waals surface area contributed by atoms with Crippen molar-refractivity contribution in [2.24, 2.45) is 0 Å². The molecule has 0 bridgehead atoms. The van der Waals surface area contributed by atoms with Crippen molar-refractivity contribution in [2.75, 3.05) is 12.4 Å². The van der Waals surface area contributed by atoms with Gasteiger partial charge in [-0.1, -0.05) is 5.16 Å². The molecule has 1 N–H and O–H groups in total. The van der Waals surface area contributed by atoms with E-state index in [4.69, 9.17) is 4.52 Å². The van der Waals surface area contributed by atoms with Crippen LogP contribution in [0.4, 0.5) is 5.82 Å². The van der Waals surface area contributed by atoms with E-state index in [-0.39, 0.29) is 11.9 Å². The summed E-state index contributed by atoms with van der Waals surface area (Å²) in [7, 11) is 1.94. The van der Waals surface area contributed by atoms with Crippen molar-refractivity contribution in [1.29, 1.82) is 0 Å². The number of thiophene rings is 1. The first-order valence-electron chi connectivity index (χ1n) is 6.44. The number of anilines is 1. The molecule has 20 heavy (non-hydrogen) atoms. The third kappa shape index (κ3) is 3.46. The molecule has 0 aromatic carbocycles. The SMILES string of the molecule is Cc1cc(NC(=O)C(C)N(C)Cc2sccc2C)no1. The van der Waals surface area contributed by atoms with Gasteiger partial charge in [0.25, 0.3) is 0 Å². The molecule has 0 aliphatic rings. The zero-order valence-electron chi connectivity index (χ0n) is 12.1. The number of rotatable bonds is 5. The monoisotopic (exact) mass is 293 g/mol. The van der Waals surface area contributed by atoms with Crippen LogP contribution in [-0.2, 0) is 11.3 Å². The Morgan fingerprint density at radius 3 is 2.85 bits per heavy atom. The van der Waals surface area contributed by atoms with E-state index in [9.17, 15) is 4.79 Å². The van der Waals surface area contributed by atoms with Crippen LogP contribution in [0.5, 0.6) is 0 Å². The summed E-state index contributed by atoms with van der Waals surface area (Å²) in [5.74, 6) is 1.05. The Morgan fingerprint density at radius 1 is 1.55 bits per heavy atom. The molecule has 0 saturated heterocycles. The molecule has 0 radical (unpaired) electrons. The van der Waals surface area contributed by atoms with E-state index in [1.165, 1.54) is 10.4 Å². The third-order valence-corrected chi connectivity index (χ3v) is 4.29. The van der Waals surface area contributed by atoms with E-state index < -0.39 is 0 Å². The van der Waals surface area contributed by atoms with Gasteiger partial charge in [0.2, 0.25) is 5.91 Å². The van der Waals surface area contributed by atoms with Crippen LogP contribution in [0.2, 0.25) is 0 Å². The van der Waals surface area contributed by atoms with E-state index in [0.29, 0.717) is 11.6 Å². The average Bonchev–Trinajstić information content (AvgIpc) is 2.98. The van der Waals surface area contributed by atoms with Crippen molar-refractivity contribution in [2.45, 2.75) is 33.4 Å². The third-order valence-electron chi connectivity index (χ3n) is 3.28. The Balaban J connectivity index is 1.94. The zero-order valence-corrected chi connectivity index (χ0v) is 13.0. The lowest BCUT2D eigenvalue weighted by Crippen LogP contribution is -2.39. The minimum atomic E-state index is -0.242. The lowest BCUT2D eigenvalue weighted by Gasteiger charge is -2.23. The highest BCUT2D eigenvalue weighted by molar-refractivity contribution is 7.10. The average molecular weight is 293 g/mol. The van der Waals surface area contributed by atoms with E-state index >= 15 is 0 Å². The number of aryl methyl sites for hydroxylation is 2. The summed E-state index contributed by atoms with van der Waals surface area (Å²) >= 11 is 1.71. The summed E-state index contributed by atoms with van der Waals surface area (Å²) in [5.41, 5.74) is 1.27. The molecule has 0 aliphatic heterocycles. The van der Waals surface area contributed by atoms with Gasteiger partial charge in [-0.2, -0.15) is 0 Å². The number of carbonyl (C=O) groups excluding carboxylic acids is 1. The molecule has 2 heterocycles. The van der Waals surface area contributed by atoms with Crippen molar-refractivity contribution in [3.8, 4) is 0 Å². The number of likely N-dealkylation sites (N-methyl/N-ethyl adjacent to an activating group) is 1. The quantitative estimate of drug-likeness (QED) is 0.921. The largest absolute Gasteiger partial charge is 0.360 e. The van der Waals surface area contributed by atoms with Crippen LogP contribution >= 0.6 is 11.3 Å². The molecule has 0 fully saturated rings. The smallest absolute Gasteiger partial charge is 0.242 e. The fourth-order valence-electron chi connectivity index (χ4n) is 1.79. The predicted molar refractivity (Wildman–Crippen MR) is 79.9 cm³/mol. The van der Waals surface area contributed by atoms with Gasteiger partial charge < -0.3 is 9.84 Å². The van der Waals surface area contributed by atoms with Gasteiger partial charge in [0.05, 0.1) is 6.04 Å². The minimum absolute atomic E-state index is 0.0880. The van der Waals surface area contributed by atoms with E-state index in [0.717, 1.165) is 6.54 Å². The van der Waals surface area contributed by atoms with Crippen LogP contribution < -0.4 is 5.32 Å². The van der Waals surface area contributed by atoms with Crippen LogP contribution in [0.3, 0.4) is 0 Å². The lowest BCUT2D eigenvalue weighted by atomic mass is 10.2. The van der Waals surface area contributed by atoms with Gasteiger partial charge in [0.15, 0.2) is 5.82 Å². The molecule has 108 valence electrons. The van der Waals surface area contributed by atoms with Gasteiger partial charge >= 0.3 is 0 Å². The topological polar surface area (TPSA) is 58.4 Å². The summed E-state index contributed by atoms with van der Waals surface area (Å²) in [6.07, 6.45) is 0. The molecule has 0 saturated carbocycles. The van der Waals surface area contributed by atoms with Crippen LogP contribution in [0.1, 0.15) is 23.1 Å². The Morgan fingerprint density at radius 2 is 2.30 bits per heavy atom. The molecule has 1 atom stereocenters. The van der Waals surface area contributed by atoms with Crippen LogP contribution in [0, 0.1) is 13.8 Å². The second kappa shape index (κ2) is 6.19. The molecule has 0 aliphatic carbocycles. The standard InChI is InChI=1S/C14H19N3O2S/c1-9-5-6-20-12(9)8-17(4)11(3)14(18)15-13-7-10(2)19-16-13/h5-7,11H,8H2,1-4H3,(H,15,16,18). The zero-order chi connectivity index (χ0) is 14.7. The lowest BCUT2D eigenvalue weighted by molar-refractivity contribution is -0.120. The van der Waals surface area contributed by atoms with Crippen LogP contribution in [0.25, 0.3) is 0 Å². The summed E-state index contributed by atoms with van der Waals surface area (Å²) in [5, 5.41) is 8.59. The van der Waals surface area contributed by atoms with Gasteiger partial charge in [-0.25, -0.2) is 0 Å². The molecule has 5 nitrogen and oxygen atoms in total. The molecular weight excluding hydrogens is 274 g/mol. The van der Waals surface area contributed by atoms with Crippen molar-refractivity contribution in [1.82, 2.24) is 10.1 Å². The summed E-state index contributed by atoms with van der Waals surface area (Å²) < 4.78 is 4.93. The normalized spacial score (nSPS) is 12.7. The number of aromatic nitrogens is 1. The number of nitrogens with zero attached hydrogens (tertiary/aromatic N) is 2. The molecule has 0 spiro atoms. The highest BCUT2D eigenvalue weighted by Gasteiger charge is 2.20. The van der Waals surface area contributed by atoms with Crippen LogP contribution in [-0.4, -0.2) is 29.1 Å². The molecule has 2 aromatic heterocycles. The first-order valence-corrected chi connectivity index (χ1v) is 7.32. The maximum absolute atomic E-state index is 12.1. The second-order valence-corrected chi connectivity index (χ2v) is 5.93. The maximum Gasteiger partial charge on any atom is 0.242 e. The van der Waals surface area contributed by atoms with Crippen molar-refractivity contribution in [3.05, 3.63) is 33.7 Å². The fraction of sp³-hybridized carbons (Fsp3) is 0.429. The number of hydrogen-bond donors (Lipinski definition) is 1. The maximum atomic E-state index is 12.1. The summed E-state index contributed by atoms with van der Waals surface area (Å²) in [4.78, 5) is 15.4. The van der Waals surface area contributed by atoms with E-state index in [1.54, 1.807) is 24.3 Å². The Kier molecular flexibility index (Phi) is 4.57. The van der Waals surface area contributed by atoms with Gasteiger partial charge in [-0.05, 0) is 44.8 Å². The van der Waals surface area contributed by atoms with Crippen molar-refractivity contribution < 1.29 is 9.32 Å². The van der Waals surface area contributed by atoms with Gasteiger partial charge in [-0.3, -0.25) is 9.69 Å². The second-order valence-electron chi connectivity index (χ2n) is 4.93. The fourth-order valence-corrected chi connectivity index (χ4v) is 2.75. The Labute approximate surface area is 122 Å². The highest BCUT2D eigenvalue weighted by Crippen LogP contribution is 2.18. The Hall–Kier alpha value is -1.66. The predicted octanol–water partition coefficient (Wildman–Crippen LogP) is 2.81. The van der Waals surface area contributed by atoms with Gasteiger partial charge in [-0.15, -0.1) is 11.3 Å². The van der Waals surface area contributed by atoms with E-state index in [2.05, 4.69) is 28.8 Å². The van der Waals surface area contributed by atoms with Crippen molar-refractivity contribution in [3.63, 3.8) is 0 Å². The molecule has 2 rings (SSSR count). The first kappa shape index (κ1) is 14.7. The number of nitrogens with one attached hydrogen (secondary N) is 1. The summed E-state index contributed by atoms with van der Waals surface area (Å²) in [6, 6.07) is 3.55. The number of amides is 1. The minimum Gasteiger partial charge on any atom is -0.360 e. The van der Waals surface area contributed by atoms with Crippen molar-refractivity contribution >= 4 is 23.1 Å². The van der Waals surface area contributed by atoms with Crippen LogP contribution in [0.15, 0.2) is 22.0 Å². The Bertz CT molecular complexity index is 591. The highest BCUT2D eigenvalue weighted by atomic mass is 32.1. The summed E-state index contributed by atoms with van der Waals surface area (Å²) in [6.45, 7) is 6.52. The molecule has 1 unspecified atom stereocenters. The molecule has 1 amide bonds.